The minimum atomic E-state index is -3.46. The average molecular weight is 541 g/mol. The molecule has 5 rings (SSSR count). The third kappa shape index (κ3) is 6.41. The zero-order valence-corrected chi connectivity index (χ0v) is 23.1. The van der Waals surface area contributed by atoms with E-state index in [9.17, 15) is 8.42 Å². The van der Waals surface area contributed by atoms with Crippen molar-refractivity contribution in [2.75, 3.05) is 45.9 Å². The lowest BCUT2D eigenvalue weighted by molar-refractivity contribution is 0.0369. The number of ether oxygens (including phenoxy) is 1. The van der Waals surface area contributed by atoms with Crippen LogP contribution >= 0.6 is 11.3 Å². The van der Waals surface area contributed by atoms with Crippen molar-refractivity contribution in [3.8, 4) is 11.3 Å². The maximum atomic E-state index is 13.2. The van der Waals surface area contributed by atoms with E-state index in [1.807, 2.05) is 42.5 Å². The average Bonchev–Trinajstić information content (AvgIpc) is 3.32. The molecule has 2 aliphatic rings. The molecule has 3 heterocycles. The van der Waals surface area contributed by atoms with E-state index in [2.05, 4.69) is 21.8 Å². The van der Waals surface area contributed by atoms with Crippen LogP contribution in [-0.4, -0.2) is 68.1 Å². The van der Waals surface area contributed by atoms with E-state index in [1.165, 1.54) is 0 Å². The quantitative estimate of drug-likeness (QED) is 0.419. The summed E-state index contributed by atoms with van der Waals surface area (Å²) in [6.45, 7) is 8.81. The Hall–Kier alpha value is -2.30. The minimum absolute atomic E-state index is 0.370. The molecule has 0 aliphatic carbocycles. The molecule has 0 saturated carbocycles. The fourth-order valence-electron chi connectivity index (χ4n) is 4.93. The molecule has 37 heavy (non-hydrogen) atoms. The van der Waals surface area contributed by atoms with E-state index in [0.29, 0.717) is 23.9 Å². The maximum Gasteiger partial charge on any atom is 0.243 e. The molecule has 0 spiro atoms. The van der Waals surface area contributed by atoms with Crippen molar-refractivity contribution in [2.45, 2.75) is 37.6 Å². The van der Waals surface area contributed by atoms with E-state index in [-0.39, 0.29) is 0 Å². The molecule has 3 aromatic rings. The van der Waals surface area contributed by atoms with Crippen molar-refractivity contribution < 1.29 is 13.2 Å². The molecule has 2 aliphatic heterocycles. The highest BCUT2D eigenvalue weighted by atomic mass is 32.2. The van der Waals surface area contributed by atoms with E-state index in [0.717, 1.165) is 80.4 Å². The van der Waals surface area contributed by atoms with E-state index in [4.69, 9.17) is 9.73 Å². The van der Waals surface area contributed by atoms with Crippen LogP contribution in [0.15, 0.2) is 69.9 Å². The molecule has 0 radical (unpaired) electrons. The Morgan fingerprint density at radius 1 is 0.946 bits per heavy atom. The molecule has 0 N–H and O–H groups in total. The summed E-state index contributed by atoms with van der Waals surface area (Å²) in [6, 6.07) is 17.4. The Balaban J connectivity index is 1.39. The fraction of sp³-hybridized carbons (Fsp3) is 0.464. The summed E-state index contributed by atoms with van der Waals surface area (Å²) in [7, 11) is -3.46. The van der Waals surface area contributed by atoms with Crippen LogP contribution in [0.2, 0.25) is 0 Å². The van der Waals surface area contributed by atoms with Gasteiger partial charge in [-0.05, 0) is 55.0 Å². The van der Waals surface area contributed by atoms with Gasteiger partial charge in [-0.25, -0.2) is 13.4 Å². The third-order valence-corrected chi connectivity index (χ3v) is 10.0. The summed E-state index contributed by atoms with van der Waals surface area (Å²) in [5, 5.41) is 2.13. The van der Waals surface area contributed by atoms with Gasteiger partial charge in [0.25, 0.3) is 0 Å². The first-order chi connectivity index (χ1) is 18.0. The van der Waals surface area contributed by atoms with Crippen LogP contribution in [0, 0.1) is 5.92 Å². The molecule has 0 bridgehead atoms. The predicted octanol–water partition coefficient (Wildman–Crippen LogP) is 4.59. The molecule has 1 aromatic heterocycles. The summed E-state index contributed by atoms with van der Waals surface area (Å²) < 4.78 is 35.8. The molecule has 198 valence electrons. The largest absolute Gasteiger partial charge is 0.379 e. The zero-order chi connectivity index (χ0) is 25.7. The SMILES string of the molecule is CC1CCN(S(=O)(=O)c2ccc(-c3csc(=Nc4ccccc4)n3CCCN3CCOCC3)cc2)CC1. The minimum Gasteiger partial charge on any atom is -0.379 e. The summed E-state index contributed by atoms with van der Waals surface area (Å²) in [4.78, 5) is 8.69. The summed E-state index contributed by atoms with van der Waals surface area (Å²) in [6.07, 6.45) is 2.85. The molecule has 0 amide bonds. The van der Waals surface area contributed by atoms with Gasteiger partial charge in [0.2, 0.25) is 10.0 Å². The Labute approximate surface area is 224 Å². The van der Waals surface area contributed by atoms with Crippen LogP contribution in [0.25, 0.3) is 11.3 Å². The number of hydrogen-bond donors (Lipinski definition) is 0. The van der Waals surface area contributed by atoms with Crippen molar-refractivity contribution >= 4 is 27.0 Å². The normalized spacial score (nSPS) is 18.9. The van der Waals surface area contributed by atoms with Crippen molar-refractivity contribution in [1.82, 2.24) is 13.8 Å². The number of para-hydroxylation sites is 1. The number of benzene rings is 2. The molecule has 9 heteroatoms. The molecule has 0 unspecified atom stereocenters. The summed E-state index contributed by atoms with van der Waals surface area (Å²) >= 11 is 1.62. The summed E-state index contributed by atoms with van der Waals surface area (Å²) in [5.41, 5.74) is 3.00. The van der Waals surface area contributed by atoms with E-state index < -0.39 is 10.0 Å². The fourth-order valence-corrected chi connectivity index (χ4v) is 7.35. The molecule has 7 nitrogen and oxygen atoms in total. The lowest BCUT2D eigenvalue weighted by Gasteiger charge is -2.29. The Morgan fingerprint density at radius 3 is 2.35 bits per heavy atom. The van der Waals surface area contributed by atoms with Crippen molar-refractivity contribution in [3.63, 3.8) is 0 Å². The third-order valence-electron chi connectivity index (χ3n) is 7.27. The maximum absolute atomic E-state index is 13.2. The molecular weight excluding hydrogens is 504 g/mol. The van der Waals surface area contributed by atoms with Crippen LogP contribution in [-0.2, 0) is 21.3 Å². The van der Waals surface area contributed by atoms with Gasteiger partial charge >= 0.3 is 0 Å². The van der Waals surface area contributed by atoms with Crippen LogP contribution in [0.5, 0.6) is 0 Å². The first-order valence-electron chi connectivity index (χ1n) is 13.2. The van der Waals surface area contributed by atoms with Crippen LogP contribution in [0.3, 0.4) is 0 Å². The van der Waals surface area contributed by atoms with Crippen LogP contribution < -0.4 is 4.80 Å². The van der Waals surface area contributed by atoms with Gasteiger partial charge < -0.3 is 9.30 Å². The van der Waals surface area contributed by atoms with Gasteiger partial charge in [-0.3, -0.25) is 4.90 Å². The Kier molecular flexibility index (Phi) is 8.56. The van der Waals surface area contributed by atoms with Gasteiger partial charge in [0.1, 0.15) is 0 Å². The van der Waals surface area contributed by atoms with Gasteiger partial charge in [-0.2, -0.15) is 4.31 Å². The van der Waals surface area contributed by atoms with Gasteiger partial charge in [0.15, 0.2) is 4.80 Å². The lowest BCUT2D eigenvalue weighted by atomic mass is 10.0. The van der Waals surface area contributed by atoms with Crippen molar-refractivity contribution in [1.29, 1.82) is 0 Å². The van der Waals surface area contributed by atoms with Gasteiger partial charge in [0.05, 0.1) is 29.5 Å². The number of aromatic nitrogens is 1. The lowest BCUT2D eigenvalue weighted by Crippen LogP contribution is -2.37. The number of morpholine rings is 1. The first-order valence-corrected chi connectivity index (χ1v) is 15.5. The molecule has 2 fully saturated rings. The van der Waals surface area contributed by atoms with E-state index in [1.54, 1.807) is 27.8 Å². The molecule has 2 aromatic carbocycles. The number of sulfonamides is 1. The van der Waals surface area contributed by atoms with E-state index >= 15 is 0 Å². The standard InChI is InChI=1S/C28H36N4O3S2/c1-23-12-16-31(17-13-23)37(33,34)26-10-8-24(9-11-26)27-22-36-28(29-25-6-3-2-4-7-25)32(27)15-5-14-30-18-20-35-21-19-30/h2-4,6-11,22-23H,5,12-21H2,1H3. The highest BCUT2D eigenvalue weighted by Crippen LogP contribution is 2.27. The number of hydrogen-bond acceptors (Lipinski definition) is 6. The zero-order valence-electron chi connectivity index (χ0n) is 21.5. The number of nitrogens with zero attached hydrogens (tertiary/aromatic N) is 4. The monoisotopic (exact) mass is 540 g/mol. The second-order valence-corrected chi connectivity index (χ2v) is 12.7. The molecular formula is C28H36N4O3S2. The first kappa shape index (κ1) is 26.3. The summed E-state index contributed by atoms with van der Waals surface area (Å²) in [5.74, 6) is 0.585. The number of piperidine rings is 1. The van der Waals surface area contributed by atoms with Crippen LogP contribution in [0.4, 0.5) is 5.69 Å². The van der Waals surface area contributed by atoms with Crippen molar-refractivity contribution in [3.05, 3.63) is 64.8 Å². The second-order valence-electron chi connectivity index (χ2n) is 9.92. The second kappa shape index (κ2) is 12.0. The Bertz CT molecular complexity index is 1320. The number of thiazole rings is 1. The molecule has 2 saturated heterocycles. The number of rotatable bonds is 8. The van der Waals surface area contributed by atoms with Crippen LogP contribution in [0.1, 0.15) is 26.2 Å². The van der Waals surface area contributed by atoms with Gasteiger partial charge in [-0.1, -0.05) is 37.3 Å². The molecule has 0 atom stereocenters. The van der Waals surface area contributed by atoms with Gasteiger partial charge in [-0.15, -0.1) is 11.3 Å². The highest BCUT2D eigenvalue weighted by Gasteiger charge is 2.28. The smallest absolute Gasteiger partial charge is 0.243 e. The predicted molar refractivity (Wildman–Crippen MR) is 148 cm³/mol. The van der Waals surface area contributed by atoms with Crippen molar-refractivity contribution in [2.24, 2.45) is 10.9 Å². The Morgan fingerprint density at radius 2 is 1.65 bits per heavy atom. The highest BCUT2D eigenvalue weighted by molar-refractivity contribution is 7.89. The van der Waals surface area contributed by atoms with Gasteiger partial charge in [0, 0.05) is 44.6 Å². The topological polar surface area (TPSA) is 67.1 Å².